The van der Waals surface area contributed by atoms with Gasteiger partial charge in [0.15, 0.2) is 0 Å². The van der Waals surface area contributed by atoms with Gasteiger partial charge >= 0.3 is 0 Å². The van der Waals surface area contributed by atoms with Gasteiger partial charge in [-0.1, -0.05) is 13.8 Å². The Labute approximate surface area is 111 Å². The molecule has 4 nitrogen and oxygen atoms in total. The lowest BCUT2D eigenvalue weighted by atomic mass is 10.1. The molecule has 0 aliphatic heterocycles. The molecule has 2 N–H and O–H groups in total. The van der Waals surface area contributed by atoms with Gasteiger partial charge in [0.05, 0.1) is 18.1 Å². The molecule has 18 heavy (non-hydrogen) atoms. The fraction of sp³-hybridized carbons (Fsp3) is 0.786. The highest BCUT2D eigenvalue weighted by molar-refractivity contribution is 5.07. The monoisotopic (exact) mass is 252 g/mol. The lowest BCUT2D eigenvalue weighted by Gasteiger charge is -2.34. The number of imidazole rings is 1. The molecule has 1 aromatic rings. The number of hydrogen-bond donors (Lipinski definition) is 1. The first-order chi connectivity index (χ1) is 8.65. The van der Waals surface area contributed by atoms with E-state index in [9.17, 15) is 0 Å². The lowest BCUT2D eigenvalue weighted by molar-refractivity contribution is 0.151. The summed E-state index contributed by atoms with van der Waals surface area (Å²) in [4.78, 5) is 6.77. The molecule has 1 unspecified atom stereocenters. The van der Waals surface area contributed by atoms with E-state index in [0.29, 0.717) is 12.6 Å². The molecule has 0 amide bonds. The third-order valence-electron chi connectivity index (χ3n) is 3.32. The maximum Gasteiger partial charge on any atom is 0.0948 e. The van der Waals surface area contributed by atoms with Crippen molar-refractivity contribution in [3.8, 4) is 0 Å². The van der Waals surface area contributed by atoms with Gasteiger partial charge < -0.3 is 10.3 Å². The summed E-state index contributed by atoms with van der Waals surface area (Å²) >= 11 is 0. The second kappa shape index (κ2) is 7.54. The van der Waals surface area contributed by atoms with E-state index < -0.39 is 0 Å². The summed E-state index contributed by atoms with van der Waals surface area (Å²) < 4.78 is 2.24. The first-order valence-electron chi connectivity index (χ1n) is 7.11. The minimum absolute atomic E-state index is 0.277. The average molecular weight is 252 g/mol. The molecule has 0 saturated heterocycles. The summed E-state index contributed by atoms with van der Waals surface area (Å²) in [7, 11) is 0. The third kappa shape index (κ3) is 3.56. The van der Waals surface area contributed by atoms with Gasteiger partial charge in [-0.05, 0) is 33.2 Å². The Morgan fingerprint density at radius 2 is 2.06 bits per heavy atom. The van der Waals surface area contributed by atoms with Crippen LogP contribution in [0.15, 0.2) is 12.5 Å². The van der Waals surface area contributed by atoms with Crippen molar-refractivity contribution in [2.45, 2.75) is 59.2 Å². The maximum absolute atomic E-state index is 6.02. The second-order valence-electron chi connectivity index (χ2n) is 5.09. The topological polar surface area (TPSA) is 47.1 Å². The molecule has 1 rings (SSSR count). The summed E-state index contributed by atoms with van der Waals surface area (Å²) in [5.41, 5.74) is 7.27. The van der Waals surface area contributed by atoms with Crippen LogP contribution in [0.4, 0.5) is 0 Å². The molecule has 0 saturated carbocycles. The Morgan fingerprint density at radius 3 is 2.56 bits per heavy atom. The summed E-state index contributed by atoms with van der Waals surface area (Å²) in [6.45, 7) is 11.6. The molecule has 0 spiro atoms. The van der Waals surface area contributed by atoms with E-state index in [2.05, 4.69) is 42.1 Å². The van der Waals surface area contributed by atoms with Crippen molar-refractivity contribution in [1.82, 2.24) is 14.5 Å². The summed E-state index contributed by atoms with van der Waals surface area (Å²) in [6.07, 6.45) is 6.16. The quantitative estimate of drug-likeness (QED) is 0.773. The first-order valence-corrected chi connectivity index (χ1v) is 7.11. The third-order valence-corrected chi connectivity index (χ3v) is 3.32. The molecule has 0 aromatic carbocycles. The van der Waals surface area contributed by atoms with Crippen LogP contribution in [-0.2, 0) is 6.54 Å². The van der Waals surface area contributed by atoms with Crippen LogP contribution < -0.4 is 5.73 Å². The fourth-order valence-corrected chi connectivity index (χ4v) is 2.49. The molecule has 1 aromatic heterocycles. The first kappa shape index (κ1) is 15.2. The van der Waals surface area contributed by atoms with Crippen molar-refractivity contribution in [3.63, 3.8) is 0 Å². The maximum atomic E-state index is 6.02. The molecule has 0 aliphatic rings. The van der Waals surface area contributed by atoms with Crippen molar-refractivity contribution in [2.24, 2.45) is 5.73 Å². The van der Waals surface area contributed by atoms with Crippen LogP contribution in [0.25, 0.3) is 0 Å². The van der Waals surface area contributed by atoms with Crippen LogP contribution in [0.2, 0.25) is 0 Å². The number of nitrogens with zero attached hydrogens (tertiary/aromatic N) is 3. The molecule has 0 aliphatic carbocycles. The highest BCUT2D eigenvalue weighted by atomic mass is 15.2. The average Bonchev–Trinajstić information content (AvgIpc) is 2.78. The fourth-order valence-electron chi connectivity index (χ4n) is 2.49. The zero-order chi connectivity index (χ0) is 13.5. The van der Waals surface area contributed by atoms with Gasteiger partial charge in [0.1, 0.15) is 0 Å². The standard InChI is InChI=1S/C14H28N4/c1-5-7-17-11-16-10-14(17)13(9-15)18(8-6-2)12(3)4/h10-13H,5-9,15H2,1-4H3. The zero-order valence-electron chi connectivity index (χ0n) is 12.3. The summed E-state index contributed by atoms with van der Waals surface area (Å²) in [5.74, 6) is 0. The Hall–Kier alpha value is -0.870. The Balaban J connectivity index is 2.95. The second-order valence-corrected chi connectivity index (χ2v) is 5.09. The minimum Gasteiger partial charge on any atom is -0.333 e. The van der Waals surface area contributed by atoms with Crippen molar-refractivity contribution in [3.05, 3.63) is 18.2 Å². The highest BCUT2D eigenvalue weighted by Crippen LogP contribution is 2.22. The van der Waals surface area contributed by atoms with E-state index in [0.717, 1.165) is 25.9 Å². The molecular formula is C14H28N4. The Bertz CT molecular complexity index is 332. The van der Waals surface area contributed by atoms with E-state index in [1.807, 2.05) is 12.5 Å². The van der Waals surface area contributed by atoms with Gasteiger partial charge in [-0.15, -0.1) is 0 Å². The van der Waals surface area contributed by atoms with Crippen LogP contribution in [0.3, 0.4) is 0 Å². The van der Waals surface area contributed by atoms with Gasteiger partial charge in [0.2, 0.25) is 0 Å². The van der Waals surface area contributed by atoms with E-state index in [1.54, 1.807) is 0 Å². The molecule has 0 radical (unpaired) electrons. The van der Waals surface area contributed by atoms with E-state index in [-0.39, 0.29) is 6.04 Å². The van der Waals surface area contributed by atoms with E-state index >= 15 is 0 Å². The summed E-state index contributed by atoms with van der Waals surface area (Å²) in [5, 5.41) is 0. The number of rotatable bonds is 8. The van der Waals surface area contributed by atoms with Crippen LogP contribution in [0.1, 0.15) is 52.3 Å². The molecule has 4 heteroatoms. The normalized spacial score (nSPS) is 13.5. The Kier molecular flexibility index (Phi) is 6.36. The van der Waals surface area contributed by atoms with E-state index in [1.165, 1.54) is 5.69 Å². The van der Waals surface area contributed by atoms with Crippen molar-refractivity contribution in [1.29, 1.82) is 0 Å². The lowest BCUT2D eigenvalue weighted by Crippen LogP contribution is -2.40. The van der Waals surface area contributed by atoms with Crippen molar-refractivity contribution in [2.75, 3.05) is 13.1 Å². The van der Waals surface area contributed by atoms with Crippen LogP contribution in [0.5, 0.6) is 0 Å². The number of nitrogens with two attached hydrogens (primary N) is 1. The van der Waals surface area contributed by atoms with Crippen LogP contribution in [0, 0.1) is 0 Å². The van der Waals surface area contributed by atoms with Crippen LogP contribution >= 0.6 is 0 Å². The van der Waals surface area contributed by atoms with Crippen molar-refractivity contribution >= 4 is 0 Å². The highest BCUT2D eigenvalue weighted by Gasteiger charge is 2.23. The molecule has 0 fully saturated rings. The predicted molar refractivity (Wildman–Crippen MR) is 76.4 cm³/mol. The van der Waals surface area contributed by atoms with E-state index in [4.69, 9.17) is 5.73 Å². The number of aromatic nitrogens is 2. The molecule has 0 bridgehead atoms. The van der Waals surface area contributed by atoms with Gasteiger partial charge in [-0.3, -0.25) is 4.90 Å². The van der Waals surface area contributed by atoms with Crippen molar-refractivity contribution < 1.29 is 0 Å². The van der Waals surface area contributed by atoms with Gasteiger partial charge in [0, 0.05) is 25.3 Å². The predicted octanol–water partition coefficient (Wildman–Crippen LogP) is 2.41. The largest absolute Gasteiger partial charge is 0.333 e. The van der Waals surface area contributed by atoms with Gasteiger partial charge in [-0.25, -0.2) is 4.98 Å². The smallest absolute Gasteiger partial charge is 0.0948 e. The molecule has 104 valence electrons. The Morgan fingerprint density at radius 1 is 1.33 bits per heavy atom. The molecule has 1 atom stereocenters. The molecular weight excluding hydrogens is 224 g/mol. The van der Waals surface area contributed by atoms with Crippen LogP contribution in [-0.4, -0.2) is 33.6 Å². The van der Waals surface area contributed by atoms with Gasteiger partial charge in [0.25, 0.3) is 0 Å². The minimum atomic E-state index is 0.277. The SMILES string of the molecule is CCCN(C(C)C)C(CN)c1cncn1CCC. The zero-order valence-corrected chi connectivity index (χ0v) is 12.3. The number of hydrogen-bond acceptors (Lipinski definition) is 3. The van der Waals surface area contributed by atoms with Gasteiger partial charge in [-0.2, -0.15) is 0 Å². The molecule has 1 heterocycles. The number of aryl methyl sites for hydroxylation is 1. The summed E-state index contributed by atoms with van der Waals surface area (Å²) in [6, 6.07) is 0.780.